The van der Waals surface area contributed by atoms with Gasteiger partial charge < -0.3 is 28.4 Å². The Labute approximate surface area is 276 Å². The lowest BCUT2D eigenvalue weighted by Gasteiger charge is -2.25. The molecule has 47 heavy (non-hydrogen) atoms. The fourth-order valence-electron chi connectivity index (χ4n) is 4.85. The van der Waals surface area contributed by atoms with Gasteiger partial charge in [-0.1, -0.05) is 36.4 Å². The highest BCUT2D eigenvalue weighted by Crippen LogP contribution is 2.38. The van der Waals surface area contributed by atoms with Crippen molar-refractivity contribution in [3.05, 3.63) is 125 Å². The Bertz CT molecular complexity index is 1540. The lowest BCUT2D eigenvalue weighted by molar-refractivity contribution is 0.0512. The van der Waals surface area contributed by atoms with E-state index in [0.717, 1.165) is 0 Å². The van der Waals surface area contributed by atoms with Gasteiger partial charge in [0.25, 0.3) is 0 Å². The molecule has 3 aromatic carbocycles. The summed E-state index contributed by atoms with van der Waals surface area (Å²) in [4.78, 5) is 40.2. The molecule has 248 valence electrons. The molecular weight excluding hydrogens is 600 g/mol. The Morgan fingerprint density at radius 3 is 1.30 bits per heavy atom. The lowest BCUT2D eigenvalue weighted by Crippen LogP contribution is -2.19. The predicted molar refractivity (Wildman–Crippen MR) is 179 cm³/mol. The molecule has 0 aliphatic carbocycles. The van der Waals surface area contributed by atoms with E-state index in [-0.39, 0.29) is 42.9 Å². The first-order chi connectivity index (χ1) is 22.8. The molecule has 3 rings (SSSR count). The largest absolute Gasteiger partial charge is 0.465 e. The van der Waals surface area contributed by atoms with Gasteiger partial charge in [0.1, 0.15) is 17.2 Å². The molecule has 9 heteroatoms. The van der Waals surface area contributed by atoms with Crippen molar-refractivity contribution in [2.75, 3.05) is 19.8 Å². The monoisotopic (exact) mass is 642 g/mol. The van der Waals surface area contributed by atoms with Crippen molar-refractivity contribution < 1.29 is 42.8 Å². The van der Waals surface area contributed by atoms with Crippen LogP contribution in [0.5, 0.6) is 17.2 Å². The van der Waals surface area contributed by atoms with Gasteiger partial charge in [-0.25, -0.2) is 14.4 Å². The minimum absolute atomic E-state index is 0.147. The number of esters is 3. The highest BCUT2D eigenvalue weighted by molar-refractivity contribution is 5.95. The van der Waals surface area contributed by atoms with Crippen LogP contribution >= 0.6 is 0 Å². The van der Waals surface area contributed by atoms with Gasteiger partial charge in [-0.3, -0.25) is 0 Å². The molecule has 0 bridgehead atoms. The van der Waals surface area contributed by atoms with Crippen LogP contribution < -0.4 is 14.2 Å². The number of rotatable bonds is 16. The maximum Gasteiger partial charge on any atom is 0.338 e. The third kappa shape index (κ3) is 9.84. The fraction of sp³-hybridized carbons (Fsp3) is 0.289. The molecule has 0 fully saturated rings. The summed E-state index contributed by atoms with van der Waals surface area (Å²) in [6.07, 6.45) is 9.89. The van der Waals surface area contributed by atoms with Crippen LogP contribution in [0.2, 0.25) is 0 Å². The predicted octanol–water partition coefficient (Wildman–Crippen LogP) is 8.33. The molecule has 9 nitrogen and oxygen atoms in total. The number of hydrogen-bond acceptors (Lipinski definition) is 9. The van der Waals surface area contributed by atoms with Crippen molar-refractivity contribution in [1.82, 2.24) is 0 Å². The molecule has 0 saturated heterocycles. The fourth-order valence-corrected chi connectivity index (χ4v) is 4.85. The Morgan fingerprint density at radius 2 is 0.915 bits per heavy atom. The first-order valence-corrected chi connectivity index (χ1v) is 15.6. The highest BCUT2D eigenvalue weighted by Gasteiger charge is 2.29. The second-order valence-electron chi connectivity index (χ2n) is 10.00. The molecular formula is C38H42O9. The summed E-state index contributed by atoms with van der Waals surface area (Å²) in [6.45, 7) is 11.1. The second-order valence-corrected chi connectivity index (χ2v) is 10.00. The molecule has 0 spiro atoms. The zero-order valence-electron chi connectivity index (χ0n) is 27.7. The van der Waals surface area contributed by atoms with Gasteiger partial charge in [-0.05, 0) is 101 Å². The van der Waals surface area contributed by atoms with Gasteiger partial charge in [0.2, 0.25) is 0 Å². The molecule has 3 aromatic rings. The van der Waals surface area contributed by atoms with Crippen LogP contribution in [0.3, 0.4) is 0 Å². The van der Waals surface area contributed by atoms with Crippen molar-refractivity contribution in [3.63, 3.8) is 0 Å². The standard InChI is InChI=1S/C38H42O9/c1-7-19-45-27-14-13-26(32(23-27)36(39)42-10-4)22-33(30-17-15-28(46-20-8-2)24-34(30)37(40)43-11-5)31-18-16-29(47-21-9-3)25-35(31)38(41)44-12-6/h7-9,13-21,23-25,33H,10-12,22H2,1-6H3. The molecule has 0 amide bonds. The zero-order valence-corrected chi connectivity index (χ0v) is 27.7. The lowest BCUT2D eigenvalue weighted by atomic mass is 9.80. The van der Waals surface area contributed by atoms with Gasteiger partial charge >= 0.3 is 17.9 Å². The first kappa shape index (κ1) is 36.2. The van der Waals surface area contributed by atoms with Crippen LogP contribution in [0.25, 0.3) is 0 Å². The average molecular weight is 643 g/mol. The van der Waals surface area contributed by atoms with Crippen molar-refractivity contribution in [2.45, 2.75) is 53.9 Å². The van der Waals surface area contributed by atoms with Crippen LogP contribution in [-0.4, -0.2) is 37.7 Å². The molecule has 0 heterocycles. The van der Waals surface area contributed by atoms with Crippen molar-refractivity contribution in [1.29, 1.82) is 0 Å². The van der Waals surface area contributed by atoms with E-state index in [1.54, 1.807) is 93.6 Å². The van der Waals surface area contributed by atoms with Gasteiger partial charge in [0, 0.05) is 5.92 Å². The zero-order chi connectivity index (χ0) is 34.2. The number of carbonyl (C=O) groups excluding carboxylic acids is 3. The normalized spacial score (nSPS) is 11.9. The third-order valence-electron chi connectivity index (χ3n) is 6.81. The van der Waals surface area contributed by atoms with Gasteiger partial charge in [-0.15, -0.1) is 0 Å². The quantitative estimate of drug-likeness (QED) is 0.0866. The summed E-state index contributed by atoms with van der Waals surface area (Å²) in [7, 11) is 0. The summed E-state index contributed by atoms with van der Waals surface area (Å²) in [6, 6.07) is 15.4. The minimum Gasteiger partial charge on any atom is -0.465 e. The summed E-state index contributed by atoms with van der Waals surface area (Å²) in [5, 5.41) is 0. The maximum atomic E-state index is 13.5. The summed E-state index contributed by atoms with van der Waals surface area (Å²) in [5.74, 6) is -1.03. The highest BCUT2D eigenvalue weighted by atomic mass is 16.5. The molecule has 0 radical (unpaired) electrons. The van der Waals surface area contributed by atoms with E-state index in [2.05, 4.69) is 0 Å². The molecule has 0 aromatic heterocycles. The molecule has 0 aliphatic rings. The van der Waals surface area contributed by atoms with E-state index in [9.17, 15) is 14.4 Å². The summed E-state index contributed by atoms with van der Waals surface area (Å²) < 4.78 is 33.4. The molecule has 0 saturated carbocycles. The van der Waals surface area contributed by atoms with Gasteiger partial charge in [-0.2, -0.15) is 0 Å². The van der Waals surface area contributed by atoms with E-state index < -0.39 is 23.8 Å². The minimum atomic E-state index is -0.657. The second kappa shape index (κ2) is 18.6. The van der Waals surface area contributed by atoms with E-state index >= 15 is 0 Å². The van der Waals surface area contributed by atoms with E-state index in [0.29, 0.717) is 33.9 Å². The van der Waals surface area contributed by atoms with Gasteiger partial charge in [0.15, 0.2) is 0 Å². The van der Waals surface area contributed by atoms with Crippen LogP contribution in [-0.2, 0) is 20.6 Å². The number of carbonyl (C=O) groups is 3. The molecule has 0 N–H and O–H groups in total. The maximum absolute atomic E-state index is 13.5. The van der Waals surface area contributed by atoms with E-state index in [1.807, 2.05) is 20.8 Å². The average Bonchev–Trinajstić information content (AvgIpc) is 3.08. The number of allylic oxidation sites excluding steroid dienone is 3. The van der Waals surface area contributed by atoms with Crippen LogP contribution in [0.4, 0.5) is 0 Å². The molecule has 0 atom stereocenters. The van der Waals surface area contributed by atoms with Crippen LogP contribution in [0.15, 0.2) is 91.6 Å². The topological polar surface area (TPSA) is 107 Å². The number of hydrogen-bond donors (Lipinski definition) is 0. The van der Waals surface area contributed by atoms with Crippen molar-refractivity contribution in [3.8, 4) is 17.2 Å². The summed E-state index contributed by atoms with van der Waals surface area (Å²) in [5.41, 5.74) is 2.48. The van der Waals surface area contributed by atoms with Crippen molar-refractivity contribution >= 4 is 17.9 Å². The van der Waals surface area contributed by atoms with Gasteiger partial charge in [0.05, 0.1) is 55.3 Å². The Morgan fingerprint density at radius 1 is 0.553 bits per heavy atom. The summed E-state index contributed by atoms with van der Waals surface area (Å²) >= 11 is 0. The number of ether oxygens (including phenoxy) is 6. The van der Waals surface area contributed by atoms with Crippen molar-refractivity contribution in [2.24, 2.45) is 0 Å². The SMILES string of the molecule is CC=COc1ccc(CC(c2ccc(OC=CC)cc2C(=O)OCC)c2ccc(OC=CC)cc2C(=O)OCC)c(C(=O)OCC)c1. The Balaban J connectivity index is 2.36. The van der Waals surface area contributed by atoms with Crippen LogP contribution in [0, 0.1) is 0 Å². The van der Waals surface area contributed by atoms with E-state index in [4.69, 9.17) is 28.4 Å². The Hall–Kier alpha value is -5.31. The molecule has 0 aliphatic heterocycles. The third-order valence-corrected chi connectivity index (χ3v) is 6.81. The Kier molecular flexibility index (Phi) is 14.3. The first-order valence-electron chi connectivity index (χ1n) is 15.6. The van der Waals surface area contributed by atoms with Crippen LogP contribution in [0.1, 0.15) is 95.2 Å². The molecule has 0 unspecified atom stereocenters. The number of benzene rings is 3. The van der Waals surface area contributed by atoms with E-state index in [1.165, 1.54) is 18.8 Å². The smallest absolute Gasteiger partial charge is 0.338 e.